The van der Waals surface area contributed by atoms with Gasteiger partial charge in [-0.25, -0.2) is 0 Å². The van der Waals surface area contributed by atoms with Crippen molar-refractivity contribution in [3.8, 4) is 0 Å². The van der Waals surface area contributed by atoms with Crippen LogP contribution in [-0.2, 0) is 0 Å². The highest BCUT2D eigenvalue weighted by molar-refractivity contribution is 7.75. The van der Waals surface area contributed by atoms with Crippen molar-refractivity contribution in [1.29, 1.82) is 0 Å². The highest BCUT2D eigenvalue weighted by Gasteiger charge is 2.29. The van der Waals surface area contributed by atoms with Gasteiger partial charge in [0.1, 0.15) is 0 Å². The number of hydrogen-bond donors (Lipinski definition) is 1. The van der Waals surface area contributed by atoms with Crippen molar-refractivity contribution in [2.45, 2.75) is 20.8 Å². The van der Waals surface area contributed by atoms with Gasteiger partial charge in [-0.05, 0) is 20.8 Å². The third-order valence-electron chi connectivity index (χ3n) is 2.59. The number of alkyl halides is 1. The summed E-state index contributed by atoms with van der Waals surface area (Å²) in [5.41, 5.74) is 0. The first-order chi connectivity index (χ1) is 5.74. The maximum atomic E-state index is 8.82. The van der Waals surface area contributed by atoms with Crippen molar-refractivity contribution in [3.05, 3.63) is 0 Å². The van der Waals surface area contributed by atoms with Gasteiger partial charge in [0.25, 0.3) is 0 Å². The van der Waals surface area contributed by atoms with Gasteiger partial charge in [0.15, 0.2) is 0 Å². The molecule has 76 valence electrons. The summed E-state index contributed by atoms with van der Waals surface area (Å²) in [4.78, 5) is 0. The molecule has 1 nitrogen and oxygen atoms in total. The molecule has 0 fully saturated rings. The molecular formula is C9H23ClOP+. The van der Waals surface area contributed by atoms with E-state index < -0.39 is 7.26 Å². The Kier molecular flexibility index (Phi) is 12.3. The molecule has 12 heavy (non-hydrogen) atoms. The van der Waals surface area contributed by atoms with Crippen LogP contribution in [0.2, 0.25) is 0 Å². The summed E-state index contributed by atoms with van der Waals surface area (Å²) in [7, 11) is -0.689. The van der Waals surface area contributed by atoms with Crippen LogP contribution < -0.4 is 0 Å². The largest absolute Gasteiger partial charge is 0.393 e. The van der Waals surface area contributed by atoms with Crippen molar-refractivity contribution in [3.63, 3.8) is 0 Å². The Labute approximate surface area is 82.8 Å². The molecule has 0 saturated carbocycles. The quantitative estimate of drug-likeness (QED) is 0.550. The molecule has 0 aromatic carbocycles. The fourth-order valence-corrected chi connectivity index (χ4v) is 4.07. The first kappa shape index (κ1) is 15.2. The molecule has 0 rings (SSSR count). The molecule has 0 unspecified atom stereocenters. The van der Waals surface area contributed by atoms with Gasteiger partial charge in [0.2, 0.25) is 0 Å². The van der Waals surface area contributed by atoms with E-state index in [1.165, 1.54) is 24.9 Å². The SMILES string of the molecule is CC[P+](CC)(CC)CCO.CCl. The zero-order valence-corrected chi connectivity index (χ0v) is 10.5. The van der Waals surface area contributed by atoms with Crippen molar-refractivity contribution in [2.75, 3.05) is 37.6 Å². The minimum absolute atomic E-state index is 0.392. The first-order valence-electron chi connectivity index (χ1n) is 4.58. The van der Waals surface area contributed by atoms with E-state index in [9.17, 15) is 0 Å². The summed E-state index contributed by atoms with van der Waals surface area (Å²) in [6.07, 6.45) is 6.47. The van der Waals surface area contributed by atoms with Gasteiger partial charge in [0.05, 0.1) is 31.3 Å². The van der Waals surface area contributed by atoms with Gasteiger partial charge in [-0.3, -0.25) is 0 Å². The van der Waals surface area contributed by atoms with E-state index in [2.05, 4.69) is 32.4 Å². The lowest BCUT2D eigenvalue weighted by Gasteiger charge is -2.22. The van der Waals surface area contributed by atoms with Gasteiger partial charge in [-0.1, -0.05) is 0 Å². The molecule has 0 bridgehead atoms. The van der Waals surface area contributed by atoms with Crippen molar-refractivity contribution in [1.82, 2.24) is 0 Å². The van der Waals surface area contributed by atoms with E-state index in [0.29, 0.717) is 6.61 Å². The second kappa shape index (κ2) is 9.77. The monoisotopic (exact) mass is 213 g/mol. The van der Waals surface area contributed by atoms with E-state index in [1.54, 1.807) is 0 Å². The molecule has 0 spiro atoms. The Bertz CT molecular complexity index is 76.3. The fraction of sp³-hybridized carbons (Fsp3) is 1.00. The Morgan fingerprint density at radius 3 is 1.42 bits per heavy atom. The second-order valence-corrected chi connectivity index (χ2v) is 7.77. The summed E-state index contributed by atoms with van der Waals surface area (Å²) in [6.45, 7) is 7.17. The van der Waals surface area contributed by atoms with Crippen LogP contribution in [0.4, 0.5) is 0 Å². The van der Waals surface area contributed by atoms with Crippen LogP contribution >= 0.6 is 18.9 Å². The molecule has 0 saturated heterocycles. The van der Waals surface area contributed by atoms with E-state index in [0.717, 1.165) is 6.16 Å². The van der Waals surface area contributed by atoms with Crippen LogP contribution in [0, 0.1) is 0 Å². The van der Waals surface area contributed by atoms with Crippen LogP contribution in [0.5, 0.6) is 0 Å². The van der Waals surface area contributed by atoms with E-state index >= 15 is 0 Å². The van der Waals surface area contributed by atoms with Gasteiger partial charge in [0, 0.05) is 13.6 Å². The third kappa shape index (κ3) is 5.35. The number of rotatable bonds is 5. The van der Waals surface area contributed by atoms with Gasteiger partial charge < -0.3 is 5.11 Å². The molecular weight excluding hydrogens is 191 g/mol. The standard InChI is InChI=1S/C8H20OP.CH3Cl/c1-4-10(5-2,6-3)8-7-9;1-2/h9H,4-8H2,1-3H3;1H3/q+1;. The normalized spacial score (nSPS) is 10.5. The minimum atomic E-state index is -0.689. The van der Waals surface area contributed by atoms with Crippen molar-refractivity contribution < 1.29 is 5.11 Å². The Morgan fingerprint density at radius 2 is 1.33 bits per heavy atom. The molecule has 0 amide bonds. The summed E-state index contributed by atoms with van der Waals surface area (Å²) in [5.74, 6) is 0. The summed E-state index contributed by atoms with van der Waals surface area (Å²) < 4.78 is 0. The van der Waals surface area contributed by atoms with Crippen LogP contribution in [0.3, 0.4) is 0 Å². The van der Waals surface area contributed by atoms with Crippen LogP contribution in [-0.4, -0.2) is 42.7 Å². The van der Waals surface area contributed by atoms with E-state index in [-0.39, 0.29) is 0 Å². The highest BCUT2D eigenvalue weighted by atomic mass is 35.5. The minimum Gasteiger partial charge on any atom is -0.393 e. The van der Waals surface area contributed by atoms with Crippen LogP contribution in [0.1, 0.15) is 20.8 Å². The number of aliphatic hydroxyl groups is 1. The van der Waals surface area contributed by atoms with Gasteiger partial charge in [-0.15, -0.1) is 11.6 Å². The Morgan fingerprint density at radius 1 is 1.00 bits per heavy atom. The number of aliphatic hydroxyl groups excluding tert-OH is 1. The molecule has 0 radical (unpaired) electrons. The lowest BCUT2D eigenvalue weighted by atomic mass is 10.9. The van der Waals surface area contributed by atoms with Crippen molar-refractivity contribution in [2.24, 2.45) is 0 Å². The Balaban J connectivity index is 0. The average Bonchev–Trinajstić information content (AvgIpc) is 2.18. The van der Waals surface area contributed by atoms with E-state index in [4.69, 9.17) is 5.11 Å². The molecule has 3 heteroatoms. The molecule has 0 atom stereocenters. The Hall–Kier alpha value is 0.680. The molecule has 0 aromatic heterocycles. The lowest BCUT2D eigenvalue weighted by Crippen LogP contribution is -2.09. The molecule has 0 aliphatic carbocycles. The maximum absolute atomic E-state index is 8.82. The summed E-state index contributed by atoms with van der Waals surface area (Å²) in [6, 6.07) is 0. The number of hydrogen-bond acceptors (Lipinski definition) is 1. The summed E-state index contributed by atoms with van der Waals surface area (Å²) >= 11 is 4.64. The molecule has 0 aliphatic rings. The van der Waals surface area contributed by atoms with E-state index in [1.807, 2.05) is 0 Å². The topological polar surface area (TPSA) is 20.2 Å². The third-order valence-corrected chi connectivity index (χ3v) is 7.76. The van der Waals surface area contributed by atoms with Crippen LogP contribution in [0.25, 0.3) is 0 Å². The zero-order chi connectivity index (χ0) is 10.0. The maximum Gasteiger partial charge on any atom is 0.0825 e. The predicted octanol–water partition coefficient (Wildman–Crippen LogP) is 2.91. The average molecular weight is 214 g/mol. The second-order valence-electron chi connectivity index (χ2n) is 2.74. The van der Waals surface area contributed by atoms with Gasteiger partial charge >= 0.3 is 0 Å². The fourth-order valence-electron chi connectivity index (χ4n) is 1.36. The number of halogens is 1. The lowest BCUT2D eigenvalue weighted by molar-refractivity contribution is 0.321. The van der Waals surface area contributed by atoms with Crippen LogP contribution in [0.15, 0.2) is 0 Å². The molecule has 1 N–H and O–H groups in total. The zero-order valence-electron chi connectivity index (χ0n) is 8.81. The predicted molar refractivity (Wildman–Crippen MR) is 62.3 cm³/mol. The van der Waals surface area contributed by atoms with Crippen molar-refractivity contribution >= 4 is 18.9 Å². The molecule has 0 aromatic rings. The summed E-state index contributed by atoms with van der Waals surface area (Å²) in [5, 5.41) is 8.82. The molecule has 0 aliphatic heterocycles. The highest BCUT2D eigenvalue weighted by Crippen LogP contribution is 2.57. The molecule has 0 heterocycles. The first-order valence-corrected chi connectivity index (χ1v) is 7.87. The van der Waals surface area contributed by atoms with Gasteiger partial charge in [-0.2, -0.15) is 0 Å². The smallest absolute Gasteiger partial charge is 0.0825 e.